The van der Waals surface area contributed by atoms with Crippen LogP contribution < -0.4 is 0 Å². The van der Waals surface area contributed by atoms with Crippen LogP contribution in [0.5, 0.6) is 0 Å². The van der Waals surface area contributed by atoms with Crippen molar-refractivity contribution in [2.24, 2.45) is 0 Å². The van der Waals surface area contributed by atoms with E-state index in [1.54, 1.807) is 0 Å². The maximum absolute atomic E-state index is 4.21. The summed E-state index contributed by atoms with van der Waals surface area (Å²) < 4.78 is 0. The van der Waals surface area contributed by atoms with Crippen LogP contribution in [0.15, 0.2) is 35.9 Å². The molecule has 1 aromatic carbocycles. The third-order valence-electron chi connectivity index (χ3n) is 3.77. The van der Waals surface area contributed by atoms with E-state index >= 15 is 0 Å². The molecule has 0 fully saturated rings. The van der Waals surface area contributed by atoms with Crippen LogP contribution in [-0.4, -0.2) is 0 Å². The third-order valence-corrected chi connectivity index (χ3v) is 3.77. The molecule has 0 atom stereocenters. The SMILES string of the molecule is C.C=C1CCCC2=C1Cc1ccc(C#CC)cc12.CC.CC. The lowest BCUT2D eigenvalue weighted by molar-refractivity contribution is 0.818. The molecule has 0 heterocycles. The van der Waals surface area contributed by atoms with E-state index < -0.39 is 0 Å². The molecule has 0 spiro atoms. The van der Waals surface area contributed by atoms with Gasteiger partial charge in [0, 0.05) is 5.56 Å². The summed E-state index contributed by atoms with van der Waals surface area (Å²) in [5, 5.41) is 0. The van der Waals surface area contributed by atoms with Crippen molar-refractivity contribution in [3.8, 4) is 11.8 Å². The van der Waals surface area contributed by atoms with E-state index in [2.05, 4.69) is 36.6 Å². The fourth-order valence-electron chi connectivity index (χ4n) is 2.95. The Bertz CT molecular complexity index is 588. The van der Waals surface area contributed by atoms with Crippen molar-refractivity contribution in [1.82, 2.24) is 0 Å². The quantitative estimate of drug-likeness (QED) is 0.462. The van der Waals surface area contributed by atoms with Gasteiger partial charge in [0.05, 0.1) is 0 Å². The van der Waals surface area contributed by atoms with Crippen LogP contribution in [0.2, 0.25) is 0 Å². The Hall–Kier alpha value is -1.74. The van der Waals surface area contributed by atoms with Crippen LogP contribution in [0.1, 0.15) is 78.0 Å². The van der Waals surface area contributed by atoms with Crippen molar-refractivity contribution >= 4 is 5.57 Å². The monoisotopic (exact) mass is 296 g/mol. The molecule has 0 aliphatic heterocycles. The Morgan fingerprint density at radius 1 is 1.00 bits per heavy atom. The standard InChI is InChI=1S/C17H16.2C2H6.CH4/c1-3-5-13-8-9-14-11-16-12(2)6-4-7-15(16)17(14)10-13;2*1-2;/h8-10H,2,4,6-7,11H2,1H3;2*1-2H3;1H4. The van der Waals surface area contributed by atoms with Gasteiger partial charge in [0.15, 0.2) is 0 Å². The molecule has 2 aliphatic rings. The van der Waals surface area contributed by atoms with E-state index in [1.165, 1.54) is 47.1 Å². The second-order valence-corrected chi connectivity index (χ2v) is 4.84. The molecule has 22 heavy (non-hydrogen) atoms. The van der Waals surface area contributed by atoms with Gasteiger partial charge in [-0.1, -0.05) is 59.3 Å². The van der Waals surface area contributed by atoms with Crippen LogP contribution in [0, 0.1) is 11.8 Å². The summed E-state index contributed by atoms with van der Waals surface area (Å²) in [5.41, 5.74) is 8.42. The molecule has 1 aromatic rings. The molecule has 0 radical (unpaired) electrons. The van der Waals surface area contributed by atoms with Gasteiger partial charge in [-0.2, -0.15) is 0 Å². The van der Waals surface area contributed by atoms with Gasteiger partial charge in [-0.25, -0.2) is 0 Å². The maximum Gasteiger partial charge on any atom is 0.0251 e. The van der Waals surface area contributed by atoms with Crippen LogP contribution in [0.25, 0.3) is 5.57 Å². The summed E-state index contributed by atoms with van der Waals surface area (Å²) in [6, 6.07) is 6.63. The molecule has 2 aliphatic carbocycles. The molecule has 0 amide bonds. The van der Waals surface area contributed by atoms with Gasteiger partial charge in [0.2, 0.25) is 0 Å². The van der Waals surface area contributed by atoms with Crippen molar-refractivity contribution in [2.75, 3.05) is 0 Å². The lowest BCUT2D eigenvalue weighted by atomic mass is 9.88. The summed E-state index contributed by atoms with van der Waals surface area (Å²) in [7, 11) is 0. The molecule has 0 bridgehead atoms. The average molecular weight is 296 g/mol. The van der Waals surface area contributed by atoms with E-state index in [9.17, 15) is 0 Å². The normalized spacial score (nSPS) is 14.0. The first kappa shape index (κ1) is 20.3. The first-order chi connectivity index (χ1) is 10.3. The summed E-state index contributed by atoms with van der Waals surface area (Å²) in [5.74, 6) is 6.12. The lowest BCUT2D eigenvalue weighted by Gasteiger charge is -2.16. The molecular weight excluding hydrogens is 264 g/mol. The van der Waals surface area contributed by atoms with Crippen molar-refractivity contribution in [3.63, 3.8) is 0 Å². The highest BCUT2D eigenvalue weighted by atomic mass is 14.3. The third kappa shape index (κ3) is 4.14. The molecule has 0 heteroatoms. The minimum atomic E-state index is 0. The van der Waals surface area contributed by atoms with Gasteiger partial charge in [0.1, 0.15) is 0 Å². The van der Waals surface area contributed by atoms with Crippen molar-refractivity contribution in [2.45, 2.75) is 67.7 Å². The predicted molar refractivity (Wildman–Crippen MR) is 102 cm³/mol. The van der Waals surface area contributed by atoms with Crippen molar-refractivity contribution in [3.05, 3.63) is 52.6 Å². The highest BCUT2D eigenvalue weighted by Crippen LogP contribution is 2.43. The summed E-state index contributed by atoms with van der Waals surface area (Å²) in [6.45, 7) is 14.1. The zero-order chi connectivity index (χ0) is 15.8. The van der Waals surface area contributed by atoms with E-state index in [1.807, 2.05) is 34.6 Å². The molecule has 120 valence electrons. The van der Waals surface area contributed by atoms with Crippen molar-refractivity contribution in [1.29, 1.82) is 0 Å². The highest BCUT2D eigenvalue weighted by molar-refractivity contribution is 5.81. The Labute approximate surface area is 138 Å². The fraction of sp³-hybridized carbons (Fsp3) is 0.455. The smallest absolute Gasteiger partial charge is 0.0251 e. The molecule has 0 N–H and O–H groups in total. The molecule has 0 unspecified atom stereocenters. The van der Waals surface area contributed by atoms with Gasteiger partial charge in [-0.05, 0) is 67.0 Å². The molecule has 0 aromatic heterocycles. The zero-order valence-corrected chi connectivity index (χ0v) is 14.3. The average Bonchev–Trinajstić information content (AvgIpc) is 2.91. The molecule has 0 saturated carbocycles. The van der Waals surface area contributed by atoms with Gasteiger partial charge >= 0.3 is 0 Å². The first-order valence-corrected chi connectivity index (χ1v) is 8.26. The predicted octanol–water partition coefficient (Wildman–Crippen LogP) is 6.80. The van der Waals surface area contributed by atoms with E-state index in [-0.39, 0.29) is 7.43 Å². The van der Waals surface area contributed by atoms with Crippen LogP contribution >= 0.6 is 0 Å². The molecular formula is C22H32. The zero-order valence-electron chi connectivity index (χ0n) is 14.3. The number of hydrogen-bond acceptors (Lipinski definition) is 0. The summed E-state index contributed by atoms with van der Waals surface area (Å²) in [6.07, 6.45) is 4.73. The van der Waals surface area contributed by atoms with Gasteiger partial charge in [-0.15, -0.1) is 5.92 Å². The van der Waals surface area contributed by atoms with E-state index in [0.717, 1.165) is 12.0 Å². The second-order valence-electron chi connectivity index (χ2n) is 4.84. The number of rotatable bonds is 0. The van der Waals surface area contributed by atoms with Gasteiger partial charge in [-0.3, -0.25) is 0 Å². The Kier molecular flexibility index (Phi) is 9.27. The summed E-state index contributed by atoms with van der Waals surface area (Å²) >= 11 is 0. The largest absolute Gasteiger partial charge is 0.101 e. The van der Waals surface area contributed by atoms with Gasteiger partial charge < -0.3 is 0 Å². The number of benzene rings is 1. The van der Waals surface area contributed by atoms with Crippen molar-refractivity contribution < 1.29 is 0 Å². The number of allylic oxidation sites excluding steroid dienone is 3. The lowest BCUT2D eigenvalue weighted by Crippen LogP contribution is -1.97. The van der Waals surface area contributed by atoms with Crippen LogP contribution in [-0.2, 0) is 6.42 Å². The van der Waals surface area contributed by atoms with E-state index in [0.29, 0.717) is 0 Å². The first-order valence-electron chi connectivity index (χ1n) is 8.26. The highest BCUT2D eigenvalue weighted by Gasteiger charge is 2.25. The van der Waals surface area contributed by atoms with Gasteiger partial charge in [0.25, 0.3) is 0 Å². The second kappa shape index (κ2) is 10.1. The summed E-state index contributed by atoms with van der Waals surface area (Å²) in [4.78, 5) is 0. The molecule has 0 nitrogen and oxygen atoms in total. The molecule has 0 saturated heterocycles. The maximum atomic E-state index is 4.21. The Morgan fingerprint density at radius 3 is 2.32 bits per heavy atom. The fourth-order valence-corrected chi connectivity index (χ4v) is 2.95. The Balaban J connectivity index is 0.000000819. The molecule has 3 rings (SSSR count). The van der Waals surface area contributed by atoms with E-state index in [4.69, 9.17) is 0 Å². The number of fused-ring (bicyclic) bond motifs is 2. The minimum Gasteiger partial charge on any atom is -0.101 e. The minimum absolute atomic E-state index is 0. The topological polar surface area (TPSA) is 0 Å². The number of hydrogen-bond donors (Lipinski definition) is 0. The van der Waals surface area contributed by atoms with Crippen LogP contribution in [0.3, 0.4) is 0 Å². The Morgan fingerprint density at radius 2 is 1.68 bits per heavy atom. The van der Waals surface area contributed by atoms with Crippen LogP contribution in [0.4, 0.5) is 0 Å².